The molecule has 14 nitrogen and oxygen atoms in total. The first-order valence-corrected chi connectivity index (χ1v) is 23.4. The van der Waals surface area contributed by atoms with Crippen molar-refractivity contribution in [2.45, 2.75) is 96.2 Å². The molecule has 4 amide bonds. The van der Waals surface area contributed by atoms with Crippen molar-refractivity contribution in [2.24, 2.45) is 29.2 Å². The van der Waals surface area contributed by atoms with Crippen molar-refractivity contribution in [1.82, 2.24) is 15.1 Å². The van der Waals surface area contributed by atoms with Crippen molar-refractivity contribution in [3.63, 3.8) is 0 Å². The van der Waals surface area contributed by atoms with Crippen LogP contribution in [0.2, 0.25) is 5.02 Å². The van der Waals surface area contributed by atoms with Crippen molar-refractivity contribution >= 4 is 52.6 Å². The number of likely N-dealkylation sites (tertiary alicyclic amines) is 1. The van der Waals surface area contributed by atoms with Crippen LogP contribution in [-0.4, -0.2) is 93.2 Å². The van der Waals surface area contributed by atoms with Crippen LogP contribution in [-0.2, 0) is 35.2 Å². The number of ketones is 3. The van der Waals surface area contributed by atoms with E-state index < -0.39 is 65.2 Å². The van der Waals surface area contributed by atoms with E-state index in [4.69, 9.17) is 23.1 Å². The van der Waals surface area contributed by atoms with Crippen molar-refractivity contribution in [3.05, 3.63) is 107 Å². The predicted octanol–water partition coefficient (Wildman–Crippen LogP) is 6.70. The van der Waals surface area contributed by atoms with Gasteiger partial charge in [-0.3, -0.25) is 33.6 Å². The number of nitrogens with one attached hydrogen (secondary N) is 1. The maximum atomic E-state index is 14.7. The number of halogens is 1. The van der Waals surface area contributed by atoms with Crippen LogP contribution in [0.4, 0.5) is 0 Å². The van der Waals surface area contributed by atoms with Gasteiger partial charge in [0, 0.05) is 72.3 Å². The van der Waals surface area contributed by atoms with Crippen LogP contribution in [0.25, 0.3) is 22.3 Å². The second-order valence-electron chi connectivity index (χ2n) is 17.9. The summed E-state index contributed by atoms with van der Waals surface area (Å²) in [5.74, 6) is -6.42. The van der Waals surface area contributed by atoms with E-state index >= 15 is 0 Å². The highest BCUT2D eigenvalue weighted by Gasteiger charge is 2.39. The third kappa shape index (κ3) is 12.0. The minimum absolute atomic E-state index is 0.0478. The van der Waals surface area contributed by atoms with E-state index in [1.165, 1.54) is 41.1 Å². The number of rotatable bonds is 16. The number of fused-ring (bicyclic) bond motifs is 5. The minimum atomic E-state index is -1.30. The number of aromatic hydroxyl groups is 2. The lowest BCUT2D eigenvalue weighted by atomic mass is 9.87. The number of hydrogen-bond donors (Lipinski definition) is 5. The number of unbranched alkanes of at least 4 members (excludes halogenated alkanes) is 1. The van der Waals surface area contributed by atoms with Crippen molar-refractivity contribution in [3.8, 4) is 33.8 Å². The molecule has 67 heavy (non-hydrogen) atoms. The monoisotopic (exact) mass is 933 g/mol. The van der Waals surface area contributed by atoms with E-state index in [1.54, 1.807) is 50.2 Å². The normalized spacial score (nSPS) is 19.4. The zero-order valence-corrected chi connectivity index (χ0v) is 39.0. The first-order valence-electron chi connectivity index (χ1n) is 23.0. The fraction of sp³-hybridized carbons (Fsp3) is 0.404. The number of nitrogens with zero attached hydrogens (tertiary/aromatic N) is 2. The third-order valence-electron chi connectivity index (χ3n) is 13.2. The summed E-state index contributed by atoms with van der Waals surface area (Å²) in [7, 11) is 1.47. The van der Waals surface area contributed by atoms with Gasteiger partial charge in [0.2, 0.25) is 23.6 Å². The Bertz CT molecular complexity index is 2490. The standard InChI is InChI=1S/C52H60ClN5O9/c1-4-32(52(67)58-23-7-9-42(58)49(55)64)28-46(62)41-26-31-10-20-43(59)39(25-31)40-27-36(17-21-44(40)60)48(47(63)24-30(2)50(65)56-41)57(3)51(66)37(8-5-6-22-54)29-45(61)35-13-11-33(12-14-35)34-15-18-38(53)19-16-34/h10-21,25,27,30,32,37,41-42,48,59-60H,4-9,22-24,26,28-29,54H2,1-3H3,(H2,55,64)(H,56,65)/t30-,32-,37-,41+,42+,48+/m1/s1. The molecule has 2 aliphatic rings. The van der Waals surface area contributed by atoms with Crippen molar-refractivity contribution < 1.29 is 43.8 Å². The Kier molecular flexibility index (Phi) is 16.7. The predicted molar refractivity (Wildman–Crippen MR) is 255 cm³/mol. The average molecular weight is 935 g/mol. The number of carbonyl (C=O) groups is 7. The van der Waals surface area contributed by atoms with Crippen LogP contribution < -0.4 is 16.8 Å². The van der Waals surface area contributed by atoms with Crippen LogP contribution in [0.3, 0.4) is 0 Å². The first kappa shape index (κ1) is 50.0. The fourth-order valence-corrected chi connectivity index (χ4v) is 9.37. The zero-order chi connectivity index (χ0) is 48.5. The molecule has 6 rings (SSSR count). The number of carbonyl (C=O) groups excluding carboxylic acids is 7. The number of Topliss-reactive ketones (excluding diaryl/α,β-unsaturated/α-hetero) is 3. The summed E-state index contributed by atoms with van der Waals surface area (Å²) in [6.07, 6.45) is 1.95. The Morgan fingerprint density at radius 2 is 1.49 bits per heavy atom. The highest BCUT2D eigenvalue weighted by Crippen LogP contribution is 2.40. The van der Waals surface area contributed by atoms with Crippen LogP contribution in [0.5, 0.6) is 11.5 Å². The lowest BCUT2D eigenvalue weighted by Crippen LogP contribution is -2.48. The Labute approximate surface area is 396 Å². The Balaban J connectivity index is 1.30. The summed E-state index contributed by atoms with van der Waals surface area (Å²) in [6, 6.07) is 20.1. The topological polar surface area (TPSA) is 230 Å². The number of benzene rings is 4. The maximum Gasteiger partial charge on any atom is 0.240 e. The second-order valence-corrected chi connectivity index (χ2v) is 18.3. The van der Waals surface area contributed by atoms with E-state index in [1.807, 2.05) is 24.3 Å². The first-order chi connectivity index (χ1) is 32.0. The summed E-state index contributed by atoms with van der Waals surface area (Å²) < 4.78 is 0. The largest absolute Gasteiger partial charge is 0.507 e. The van der Waals surface area contributed by atoms with Gasteiger partial charge >= 0.3 is 0 Å². The van der Waals surface area contributed by atoms with Gasteiger partial charge in [0.05, 0.1) is 6.04 Å². The van der Waals surface area contributed by atoms with Crippen molar-refractivity contribution in [2.75, 3.05) is 20.1 Å². The molecule has 1 fully saturated rings. The smallest absolute Gasteiger partial charge is 0.240 e. The zero-order valence-electron chi connectivity index (χ0n) is 38.2. The van der Waals surface area contributed by atoms with Crippen molar-refractivity contribution in [1.29, 1.82) is 0 Å². The number of nitrogens with two attached hydrogens (primary N) is 2. The number of phenols is 2. The maximum absolute atomic E-state index is 14.7. The van der Waals surface area contributed by atoms with Crippen LogP contribution in [0, 0.1) is 17.8 Å². The molecule has 0 saturated carbocycles. The molecule has 2 aliphatic heterocycles. The molecule has 0 aliphatic carbocycles. The Morgan fingerprint density at radius 1 is 0.851 bits per heavy atom. The third-order valence-corrected chi connectivity index (χ3v) is 13.4. The Hall–Kier alpha value is -6.38. The summed E-state index contributed by atoms with van der Waals surface area (Å²) in [6.45, 7) is 4.02. The van der Waals surface area contributed by atoms with Gasteiger partial charge in [0.15, 0.2) is 17.3 Å². The summed E-state index contributed by atoms with van der Waals surface area (Å²) in [4.78, 5) is 100. The summed E-state index contributed by atoms with van der Waals surface area (Å²) >= 11 is 6.07. The lowest BCUT2D eigenvalue weighted by Gasteiger charge is -2.32. The highest BCUT2D eigenvalue weighted by atomic mass is 35.5. The molecule has 354 valence electrons. The molecule has 0 radical (unpaired) electrons. The van der Waals surface area contributed by atoms with Crippen LogP contribution >= 0.6 is 11.6 Å². The minimum Gasteiger partial charge on any atom is -0.507 e. The van der Waals surface area contributed by atoms with Gasteiger partial charge in [0.25, 0.3) is 0 Å². The molecular weight excluding hydrogens is 874 g/mol. The van der Waals surface area contributed by atoms with E-state index in [2.05, 4.69) is 5.32 Å². The molecule has 15 heteroatoms. The summed E-state index contributed by atoms with van der Waals surface area (Å²) in [5, 5.41) is 25.9. The number of phenolic OH excluding ortho intramolecular Hbond substituents is 2. The average Bonchev–Trinajstić information content (AvgIpc) is 3.82. The van der Waals surface area contributed by atoms with Gasteiger partial charge in [-0.2, -0.15) is 0 Å². The lowest BCUT2D eigenvalue weighted by molar-refractivity contribution is -0.143. The molecule has 4 aromatic carbocycles. The molecule has 1 saturated heterocycles. The van der Waals surface area contributed by atoms with E-state index in [9.17, 15) is 43.8 Å². The van der Waals surface area contributed by atoms with Gasteiger partial charge in [-0.25, -0.2) is 0 Å². The van der Waals surface area contributed by atoms with E-state index in [0.29, 0.717) is 66.9 Å². The quantitative estimate of drug-likeness (QED) is 0.0590. The van der Waals surface area contributed by atoms with Crippen LogP contribution in [0.1, 0.15) is 99.2 Å². The van der Waals surface area contributed by atoms with E-state index in [-0.39, 0.29) is 66.4 Å². The van der Waals surface area contributed by atoms with Crippen LogP contribution in [0.15, 0.2) is 84.9 Å². The molecule has 2 heterocycles. The number of amides is 4. The highest BCUT2D eigenvalue weighted by molar-refractivity contribution is 6.30. The second kappa shape index (κ2) is 22.4. The number of hydrogen-bond acceptors (Lipinski definition) is 10. The van der Waals surface area contributed by atoms with Gasteiger partial charge in [-0.05, 0) is 104 Å². The molecule has 0 spiro atoms. The SMILES string of the molecule is CC[C@H](CC(=O)[C@@H]1Cc2ccc(O)c(c2)-c2cc(ccc2O)[C@H](N(C)C(=O)[C@H](CCCCN)CC(=O)c2ccc(-c3ccc(Cl)cc3)cc2)C(=O)C[C@@H](C)C(=O)N1)C(=O)N1CCC[C@H]1C(N)=O. The molecule has 6 atom stereocenters. The van der Waals surface area contributed by atoms with E-state index in [0.717, 1.165) is 11.1 Å². The van der Waals surface area contributed by atoms with Gasteiger partial charge in [-0.15, -0.1) is 0 Å². The fourth-order valence-electron chi connectivity index (χ4n) is 9.24. The summed E-state index contributed by atoms with van der Waals surface area (Å²) in [5.41, 5.74) is 14.7. The number of primary amides is 1. The molecule has 0 unspecified atom stereocenters. The molecular formula is C52H60ClN5O9. The van der Waals surface area contributed by atoms with Gasteiger partial charge < -0.3 is 36.8 Å². The molecule has 7 N–H and O–H groups in total. The molecule has 4 bridgehead atoms. The molecule has 0 aromatic heterocycles. The van der Waals surface area contributed by atoms with Gasteiger partial charge in [0.1, 0.15) is 23.6 Å². The molecule has 4 aromatic rings. The van der Waals surface area contributed by atoms with Gasteiger partial charge in [-0.1, -0.05) is 80.4 Å². The Morgan fingerprint density at radius 3 is 2.13 bits per heavy atom. The number of likely N-dealkylation sites (N-methyl/N-ethyl adjacent to an activating group) is 1.